The highest BCUT2D eigenvalue weighted by atomic mass is 16.2. The third kappa shape index (κ3) is 6.61. The number of carbonyl (C=O) groups excluding carboxylic acids is 4. The first-order chi connectivity index (χ1) is 10.9. The van der Waals surface area contributed by atoms with Gasteiger partial charge in [0.15, 0.2) is 0 Å². The fraction of sp³-hybridized carbons (Fsp3) is 0.158. The van der Waals surface area contributed by atoms with E-state index in [2.05, 4.69) is 0 Å². The van der Waals surface area contributed by atoms with Crippen LogP contribution in [0.15, 0.2) is 60.7 Å². The van der Waals surface area contributed by atoms with E-state index in [0.29, 0.717) is 11.1 Å². The van der Waals surface area contributed by atoms with Gasteiger partial charge in [0.1, 0.15) is 11.6 Å². The Morgan fingerprint density at radius 3 is 1.13 bits per heavy atom. The smallest absolute Gasteiger partial charge is 0.233 e. The van der Waals surface area contributed by atoms with Gasteiger partial charge in [0, 0.05) is 11.1 Å². The molecule has 4 nitrogen and oxygen atoms in total. The van der Waals surface area contributed by atoms with E-state index in [1.165, 1.54) is 13.8 Å². The Hall–Kier alpha value is -2.88. The molecule has 0 heterocycles. The van der Waals surface area contributed by atoms with E-state index in [0.717, 1.165) is 0 Å². The zero-order valence-corrected chi connectivity index (χ0v) is 13.1. The Morgan fingerprint density at radius 1 is 0.609 bits per heavy atom. The van der Waals surface area contributed by atoms with E-state index in [1.807, 2.05) is 12.1 Å². The topological polar surface area (TPSA) is 68.3 Å². The monoisotopic (exact) mass is 310 g/mol. The van der Waals surface area contributed by atoms with Crippen LogP contribution in [-0.2, 0) is 9.59 Å². The Morgan fingerprint density at radius 2 is 0.913 bits per heavy atom. The summed E-state index contributed by atoms with van der Waals surface area (Å²) in [6.07, 6.45) is 0.0833. The van der Waals surface area contributed by atoms with Crippen LogP contribution in [0.3, 0.4) is 0 Å². The van der Waals surface area contributed by atoms with Gasteiger partial charge in [-0.1, -0.05) is 60.7 Å². The largest absolute Gasteiger partial charge is 0.300 e. The number of rotatable bonds is 5. The van der Waals surface area contributed by atoms with Crippen molar-refractivity contribution in [2.24, 2.45) is 0 Å². The first-order valence-electron chi connectivity index (χ1n) is 7.09. The van der Waals surface area contributed by atoms with Crippen molar-refractivity contribution in [3.63, 3.8) is 0 Å². The van der Waals surface area contributed by atoms with Gasteiger partial charge in [-0.05, 0) is 13.8 Å². The molecule has 0 aliphatic carbocycles. The van der Waals surface area contributed by atoms with Crippen molar-refractivity contribution in [3.05, 3.63) is 71.8 Å². The predicted molar refractivity (Wildman–Crippen MR) is 87.5 cm³/mol. The SMILES string of the molecule is CC(=O)CC(C)=O.O=C(C(=O)c1ccccc1)c1ccccc1. The minimum atomic E-state index is -0.466. The Labute approximate surface area is 135 Å². The molecule has 0 N–H and O–H groups in total. The molecule has 0 amide bonds. The summed E-state index contributed by atoms with van der Waals surface area (Å²) in [6, 6.07) is 17.2. The quantitative estimate of drug-likeness (QED) is 0.483. The molecule has 0 saturated carbocycles. The maximum absolute atomic E-state index is 11.8. The molecule has 0 radical (unpaired) electrons. The van der Waals surface area contributed by atoms with E-state index in [-0.39, 0.29) is 18.0 Å². The van der Waals surface area contributed by atoms with Crippen LogP contribution in [0.25, 0.3) is 0 Å². The predicted octanol–water partition coefficient (Wildman–Crippen LogP) is 3.31. The van der Waals surface area contributed by atoms with Crippen LogP contribution < -0.4 is 0 Å². The second-order valence-electron chi connectivity index (χ2n) is 4.97. The van der Waals surface area contributed by atoms with Crippen LogP contribution >= 0.6 is 0 Å². The van der Waals surface area contributed by atoms with Gasteiger partial charge in [0.25, 0.3) is 0 Å². The minimum Gasteiger partial charge on any atom is -0.300 e. The molecule has 0 atom stereocenters. The summed E-state index contributed by atoms with van der Waals surface area (Å²) in [7, 11) is 0. The lowest BCUT2D eigenvalue weighted by atomic mass is 10.0. The third-order valence-corrected chi connectivity index (χ3v) is 2.78. The van der Waals surface area contributed by atoms with Crippen LogP contribution in [0.5, 0.6) is 0 Å². The van der Waals surface area contributed by atoms with E-state index in [1.54, 1.807) is 48.5 Å². The summed E-state index contributed by atoms with van der Waals surface area (Å²) in [6.45, 7) is 2.81. The average Bonchev–Trinajstić information content (AvgIpc) is 2.54. The van der Waals surface area contributed by atoms with Crippen LogP contribution in [0.4, 0.5) is 0 Å². The summed E-state index contributed by atoms with van der Waals surface area (Å²) in [5.74, 6) is -1.06. The van der Waals surface area contributed by atoms with Crippen molar-refractivity contribution in [3.8, 4) is 0 Å². The molecule has 0 unspecified atom stereocenters. The van der Waals surface area contributed by atoms with Crippen molar-refractivity contribution in [2.75, 3.05) is 0 Å². The fourth-order valence-electron chi connectivity index (χ4n) is 1.79. The van der Waals surface area contributed by atoms with Gasteiger partial charge in [-0.3, -0.25) is 19.2 Å². The molecule has 2 rings (SSSR count). The summed E-state index contributed by atoms with van der Waals surface area (Å²) in [5, 5.41) is 0. The number of hydrogen-bond donors (Lipinski definition) is 0. The zero-order valence-electron chi connectivity index (χ0n) is 13.1. The third-order valence-electron chi connectivity index (χ3n) is 2.78. The lowest BCUT2D eigenvalue weighted by Crippen LogP contribution is -2.14. The van der Waals surface area contributed by atoms with Gasteiger partial charge in [-0.2, -0.15) is 0 Å². The van der Waals surface area contributed by atoms with Crippen LogP contribution in [0.1, 0.15) is 41.0 Å². The van der Waals surface area contributed by atoms with Crippen molar-refractivity contribution in [2.45, 2.75) is 20.3 Å². The molecular weight excluding hydrogens is 292 g/mol. The molecule has 4 heteroatoms. The van der Waals surface area contributed by atoms with Crippen molar-refractivity contribution in [1.29, 1.82) is 0 Å². The van der Waals surface area contributed by atoms with Crippen LogP contribution in [-0.4, -0.2) is 23.1 Å². The van der Waals surface area contributed by atoms with Gasteiger partial charge in [-0.15, -0.1) is 0 Å². The molecule has 0 bridgehead atoms. The first-order valence-corrected chi connectivity index (χ1v) is 7.09. The van der Waals surface area contributed by atoms with Crippen molar-refractivity contribution < 1.29 is 19.2 Å². The fourth-order valence-corrected chi connectivity index (χ4v) is 1.79. The number of ketones is 4. The van der Waals surface area contributed by atoms with Gasteiger partial charge >= 0.3 is 0 Å². The molecule has 23 heavy (non-hydrogen) atoms. The number of carbonyl (C=O) groups is 4. The normalized spacial score (nSPS) is 9.30. The van der Waals surface area contributed by atoms with Crippen LogP contribution in [0, 0.1) is 0 Å². The molecule has 0 aromatic heterocycles. The van der Waals surface area contributed by atoms with Gasteiger partial charge in [0.2, 0.25) is 11.6 Å². The van der Waals surface area contributed by atoms with E-state index >= 15 is 0 Å². The molecular formula is C19H18O4. The average molecular weight is 310 g/mol. The second kappa shape index (κ2) is 9.20. The standard InChI is InChI=1S/C14H10O2.C5H8O2/c15-13(11-7-3-1-4-8-11)14(16)12-9-5-2-6-10-12;1-4(6)3-5(2)7/h1-10H;3H2,1-2H3. The number of benzene rings is 2. The Bertz CT molecular complexity index is 626. The van der Waals surface area contributed by atoms with Gasteiger partial charge in [-0.25, -0.2) is 0 Å². The highest BCUT2D eigenvalue weighted by Gasteiger charge is 2.16. The highest BCUT2D eigenvalue weighted by molar-refractivity contribution is 6.49. The maximum atomic E-state index is 11.8. The Balaban J connectivity index is 0.000000322. The van der Waals surface area contributed by atoms with Crippen LogP contribution in [0.2, 0.25) is 0 Å². The molecule has 0 aliphatic heterocycles. The van der Waals surface area contributed by atoms with Crippen molar-refractivity contribution in [1.82, 2.24) is 0 Å². The van der Waals surface area contributed by atoms with Crippen molar-refractivity contribution >= 4 is 23.1 Å². The zero-order chi connectivity index (χ0) is 17.2. The Kier molecular flexibility index (Phi) is 7.27. The number of hydrogen-bond acceptors (Lipinski definition) is 4. The molecule has 118 valence electrons. The maximum Gasteiger partial charge on any atom is 0.233 e. The summed E-state index contributed by atoms with van der Waals surface area (Å²) in [5.41, 5.74) is 0.854. The summed E-state index contributed by atoms with van der Waals surface area (Å²) < 4.78 is 0. The molecule has 0 aliphatic rings. The molecule has 0 spiro atoms. The number of Topliss-reactive ketones (excluding diaryl/α,β-unsaturated/α-hetero) is 4. The van der Waals surface area contributed by atoms with E-state index < -0.39 is 11.6 Å². The van der Waals surface area contributed by atoms with E-state index in [4.69, 9.17) is 0 Å². The first kappa shape index (κ1) is 18.2. The van der Waals surface area contributed by atoms with Gasteiger partial charge < -0.3 is 0 Å². The highest BCUT2D eigenvalue weighted by Crippen LogP contribution is 2.07. The summed E-state index contributed by atoms with van der Waals surface area (Å²) in [4.78, 5) is 43.7. The van der Waals surface area contributed by atoms with E-state index in [9.17, 15) is 19.2 Å². The minimum absolute atomic E-state index is 0.0625. The van der Waals surface area contributed by atoms with Gasteiger partial charge in [0.05, 0.1) is 6.42 Å². The summed E-state index contributed by atoms with van der Waals surface area (Å²) >= 11 is 0. The second-order valence-corrected chi connectivity index (χ2v) is 4.97. The molecule has 0 saturated heterocycles. The molecule has 2 aromatic rings. The lowest BCUT2D eigenvalue weighted by molar-refractivity contribution is -0.124. The lowest BCUT2D eigenvalue weighted by Gasteiger charge is -1.99. The molecule has 2 aromatic carbocycles. The molecule has 0 fully saturated rings.